The fourth-order valence-electron chi connectivity index (χ4n) is 1.92. The second-order valence-corrected chi connectivity index (χ2v) is 4.68. The minimum atomic E-state index is -4.40. The van der Waals surface area contributed by atoms with Crippen LogP contribution in [0.1, 0.15) is 34.5 Å². The zero-order valence-electron chi connectivity index (χ0n) is 11.3. The number of alkyl halides is 3. The van der Waals surface area contributed by atoms with Crippen molar-refractivity contribution in [1.82, 2.24) is 5.32 Å². The van der Waals surface area contributed by atoms with Crippen LogP contribution < -0.4 is 5.32 Å². The molecule has 0 fully saturated rings. The topological polar surface area (TPSA) is 29.1 Å². The standard InChI is InChI=1S/C16H14F3NO/c1-11(12-5-3-2-4-6-12)20-15(21)13-7-9-14(10-8-13)16(17,18)19/h2-11H,1H3,(H,20,21)/t11-/m1/s1. The quantitative estimate of drug-likeness (QED) is 0.903. The summed E-state index contributed by atoms with van der Waals surface area (Å²) < 4.78 is 37.4. The van der Waals surface area contributed by atoms with E-state index in [1.54, 1.807) is 0 Å². The summed E-state index contributed by atoms with van der Waals surface area (Å²) in [6.07, 6.45) is -4.40. The average molecular weight is 293 g/mol. The van der Waals surface area contributed by atoms with Crippen molar-refractivity contribution < 1.29 is 18.0 Å². The molecule has 2 aromatic carbocycles. The normalized spacial score (nSPS) is 12.8. The molecule has 0 spiro atoms. The predicted octanol–water partition coefficient (Wildman–Crippen LogP) is 4.20. The molecule has 1 N–H and O–H groups in total. The molecule has 0 saturated heterocycles. The van der Waals surface area contributed by atoms with E-state index in [1.807, 2.05) is 37.3 Å². The van der Waals surface area contributed by atoms with Crippen molar-refractivity contribution in [1.29, 1.82) is 0 Å². The Labute approximate surface area is 120 Å². The molecule has 0 aliphatic heterocycles. The maximum absolute atomic E-state index is 12.5. The van der Waals surface area contributed by atoms with Crippen LogP contribution in [0.25, 0.3) is 0 Å². The molecule has 0 bridgehead atoms. The van der Waals surface area contributed by atoms with Gasteiger partial charge in [0.2, 0.25) is 0 Å². The van der Waals surface area contributed by atoms with Crippen molar-refractivity contribution in [2.24, 2.45) is 0 Å². The van der Waals surface area contributed by atoms with Crippen LogP contribution >= 0.6 is 0 Å². The Bertz CT molecular complexity index is 606. The summed E-state index contributed by atoms with van der Waals surface area (Å²) in [6, 6.07) is 13.3. The summed E-state index contributed by atoms with van der Waals surface area (Å²) in [5, 5.41) is 2.75. The summed E-state index contributed by atoms with van der Waals surface area (Å²) in [4.78, 5) is 12.0. The number of amides is 1. The summed E-state index contributed by atoms with van der Waals surface area (Å²) >= 11 is 0. The highest BCUT2D eigenvalue weighted by Crippen LogP contribution is 2.29. The molecule has 0 aromatic heterocycles. The molecule has 1 atom stereocenters. The number of halogens is 3. The summed E-state index contributed by atoms with van der Waals surface area (Å²) in [7, 11) is 0. The van der Waals surface area contributed by atoms with Gasteiger partial charge in [-0.05, 0) is 36.8 Å². The lowest BCUT2D eigenvalue weighted by atomic mass is 10.1. The van der Waals surface area contributed by atoms with E-state index in [0.717, 1.165) is 17.7 Å². The van der Waals surface area contributed by atoms with E-state index < -0.39 is 17.6 Å². The lowest BCUT2D eigenvalue weighted by molar-refractivity contribution is -0.137. The van der Waals surface area contributed by atoms with Gasteiger partial charge in [0.15, 0.2) is 0 Å². The third-order valence-electron chi connectivity index (χ3n) is 3.12. The Morgan fingerprint density at radius 3 is 2.10 bits per heavy atom. The van der Waals surface area contributed by atoms with E-state index in [2.05, 4.69) is 5.32 Å². The Balaban J connectivity index is 2.07. The van der Waals surface area contributed by atoms with E-state index in [4.69, 9.17) is 0 Å². The van der Waals surface area contributed by atoms with Gasteiger partial charge in [-0.1, -0.05) is 30.3 Å². The van der Waals surface area contributed by atoms with E-state index in [0.29, 0.717) is 0 Å². The predicted molar refractivity (Wildman–Crippen MR) is 73.8 cm³/mol. The molecule has 0 aliphatic carbocycles. The van der Waals surface area contributed by atoms with Crippen LogP contribution in [-0.2, 0) is 6.18 Å². The summed E-state index contributed by atoms with van der Waals surface area (Å²) in [6.45, 7) is 1.82. The van der Waals surface area contributed by atoms with Crippen LogP contribution in [0.5, 0.6) is 0 Å². The van der Waals surface area contributed by atoms with Gasteiger partial charge in [0, 0.05) is 5.56 Å². The maximum Gasteiger partial charge on any atom is 0.416 e. The molecular formula is C16H14F3NO. The number of benzene rings is 2. The number of rotatable bonds is 3. The molecule has 0 aliphatic rings. The van der Waals surface area contributed by atoms with Crippen LogP contribution in [0.3, 0.4) is 0 Å². The van der Waals surface area contributed by atoms with Gasteiger partial charge in [0.1, 0.15) is 0 Å². The number of nitrogens with one attached hydrogen (secondary N) is 1. The molecule has 2 nitrogen and oxygen atoms in total. The van der Waals surface area contributed by atoms with E-state index in [-0.39, 0.29) is 11.6 Å². The number of hydrogen-bond donors (Lipinski definition) is 1. The molecule has 0 unspecified atom stereocenters. The molecule has 2 aromatic rings. The minimum absolute atomic E-state index is 0.200. The first kappa shape index (κ1) is 15.1. The van der Waals surface area contributed by atoms with Crippen LogP contribution in [0.15, 0.2) is 54.6 Å². The number of hydrogen-bond acceptors (Lipinski definition) is 1. The van der Waals surface area contributed by atoms with Crippen molar-refractivity contribution >= 4 is 5.91 Å². The van der Waals surface area contributed by atoms with Gasteiger partial charge in [-0.15, -0.1) is 0 Å². The molecule has 21 heavy (non-hydrogen) atoms. The third kappa shape index (κ3) is 3.84. The third-order valence-corrected chi connectivity index (χ3v) is 3.12. The lowest BCUT2D eigenvalue weighted by Gasteiger charge is -2.14. The SMILES string of the molecule is C[C@@H](NC(=O)c1ccc(C(F)(F)F)cc1)c1ccccc1. The Kier molecular flexibility index (Phi) is 4.31. The molecule has 1 amide bonds. The van der Waals surface area contributed by atoms with Gasteiger partial charge in [0.05, 0.1) is 11.6 Å². The monoisotopic (exact) mass is 293 g/mol. The van der Waals surface area contributed by atoms with Crippen molar-refractivity contribution in [3.8, 4) is 0 Å². The number of carbonyl (C=O) groups is 1. The van der Waals surface area contributed by atoms with Crippen molar-refractivity contribution in [2.45, 2.75) is 19.1 Å². The van der Waals surface area contributed by atoms with Crippen molar-refractivity contribution in [3.05, 3.63) is 71.3 Å². The molecule has 110 valence electrons. The molecule has 0 saturated carbocycles. The first-order valence-electron chi connectivity index (χ1n) is 6.41. The Hall–Kier alpha value is -2.30. The molecule has 2 rings (SSSR count). The summed E-state index contributed by atoms with van der Waals surface area (Å²) in [5.74, 6) is -0.403. The van der Waals surface area contributed by atoms with E-state index in [9.17, 15) is 18.0 Å². The van der Waals surface area contributed by atoms with Crippen LogP contribution in [-0.4, -0.2) is 5.91 Å². The highest BCUT2D eigenvalue weighted by molar-refractivity contribution is 5.94. The zero-order valence-corrected chi connectivity index (χ0v) is 11.3. The fourth-order valence-corrected chi connectivity index (χ4v) is 1.92. The van der Waals surface area contributed by atoms with Gasteiger partial charge in [-0.2, -0.15) is 13.2 Å². The molecule has 0 radical (unpaired) electrons. The minimum Gasteiger partial charge on any atom is -0.346 e. The molecule has 0 heterocycles. The Morgan fingerprint density at radius 1 is 1.00 bits per heavy atom. The second kappa shape index (κ2) is 5.99. The van der Waals surface area contributed by atoms with Crippen LogP contribution in [0, 0.1) is 0 Å². The van der Waals surface area contributed by atoms with E-state index in [1.165, 1.54) is 12.1 Å². The highest BCUT2D eigenvalue weighted by Gasteiger charge is 2.30. The fraction of sp³-hybridized carbons (Fsp3) is 0.188. The van der Waals surface area contributed by atoms with Crippen molar-refractivity contribution in [3.63, 3.8) is 0 Å². The molecule has 5 heteroatoms. The average Bonchev–Trinajstić information content (AvgIpc) is 2.47. The maximum atomic E-state index is 12.5. The van der Waals surface area contributed by atoms with Gasteiger partial charge in [-0.3, -0.25) is 4.79 Å². The smallest absolute Gasteiger partial charge is 0.346 e. The van der Waals surface area contributed by atoms with Gasteiger partial charge < -0.3 is 5.32 Å². The first-order valence-corrected chi connectivity index (χ1v) is 6.41. The highest BCUT2D eigenvalue weighted by atomic mass is 19.4. The largest absolute Gasteiger partial charge is 0.416 e. The van der Waals surface area contributed by atoms with E-state index >= 15 is 0 Å². The first-order chi connectivity index (χ1) is 9.88. The molecular weight excluding hydrogens is 279 g/mol. The lowest BCUT2D eigenvalue weighted by Crippen LogP contribution is -2.26. The van der Waals surface area contributed by atoms with Gasteiger partial charge in [-0.25, -0.2) is 0 Å². The van der Waals surface area contributed by atoms with Crippen LogP contribution in [0.2, 0.25) is 0 Å². The van der Waals surface area contributed by atoms with Crippen molar-refractivity contribution in [2.75, 3.05) is 0 Å². The van der Waals surface area contributed by atoms with Crippen LogP contribution in [0.4, 0.5) is 13.2 Å². The summed E-state index contributed by atoms with van der Waals surface area (Å²) in [5.41, 5.74) is 0.360. The van der Waals surface area contributed by atoms with Gasteiger partial charge in [0.25, 0.3) is 5.91 Å². The number of carbonyl (C=O) groups excluding carboxylic acids is 1. The zero-order chi connectivity index (χ0) is 15.5. The van der Waals surface area contributed by atoms with Gasteiger partial charge >= 0.3 is 6.18 Å². The Morgan fingerprint density at radius 2 is 1.57 bits per heavy atom. The second-order valence-electron chi connectivity index (χ2n) is 4.68.